The molecular formula is C24H21ClN2O3. The molecule has 0 aliphatic carbocycles. The van der Waals surface area contributed by atoms with Gasteiger partial charge < -0.3 is 9.47 Å². The number of nitriles is 1. The standard InChI is InChI=1S/C24H21ClN2O3/c1-29-23-14-8-6-12-20(23)27(24(28)15-25)21(16-26)19-11-5-7-13-22(19)30-17-18-9-3-2-4-10-18/h2-14,21H,15,17H2,1H3. The first-order valence-electron chi connectivity index (χ1n) is 9.36. The Balaban J connectivity index is 2.00. The molecular weight excluding hydrogens is 400 g/mol. The molecule has 0 aromatic heterocycles. The van der Waals surface area contributed by atoms with Crippen molar-refractivity contribution in [2.24, 2.45) is 0 Å². The molecule has 1 unspecified atom stereocenters. The first-order valence-corrected chi connectivity index (χ1v) is 9.89. The lowest BCUT2D eigenvalue weighted by molar-refractivity contribution is -0.116. The Morgan fingerprint density at radius 1 is 1.00 bits per heavy atom. The van der Waals surface area contributed by atoms with E-state index < -0.39 is 11.9 Å². The van der Waals surface area contributed by atoms with Gasteiger partial charge in [0.1, 0.15) is 24.0 Å². The van der Waals surface area contributed by atoms with Gasteiger partial charge in [0, 0.05) is 5.56 Å². The zero-order valence-corrected chi connectivity index (χ0v) is 17.3. The molecule has 0 bridgehead atoms. The number of para-hydroxylation sites is 3. The Morgan fingerprint density at radius 2 is 1.63 bits per heavy atom. The van der Waals surface area contributed by atoms with Crippen molar-refractivity contribution in [3.63, 3.8) is 0 Å². The maximum atomic E-state index is 12.8. The predicted molar refractivity (Wildman–Crippen MR) is 117 cm³/mol. The topological polar surface area (TPSA) is 62.6 Å². The molecule has 30 heavy (non-hydrogen) atoms. The fourth-order valence-corrected chi connectivity index (χ4v) is 3.28. The van der Waals surface area contributed by atoms with Gasteiger partial charge in [-0.3, -0.25) is 9.69 Å². The quantitative estimate of drug-likeness (QED) is 0.475. The molecule has 0 saturated heterocycles. The number of ether oxygens (including phenoxy) is 2. The number of hydrogen-bond acceptors (Lipinski definition) is 4. The second-order valence-corrected chi connectivity index (χ2v) is 6.68. The lowest BCUT2D eigenvalue weighted by atomic mass is 10.0. The van der Waals surface area contributed by atoms with Gasteiger partial charge in [0.2, 0.25) is 5.91 Å². The average molecular weight is 421 g/mol. The van der Waals surface area contributed by atoms with Crippen molar-refractivity contribution in [1.82, 2.24) is 0 Å². The summed E-state index contributed by atoms with van der Waals surface area (Å²) in [5.74, 6) is 0.308. The number of methoxy groups -OCH3 is 1. The summed E-state index contributed by atoms with van der Waals surface area (Å²) in [7, 11) is 1.51. The molecule has 0 fully saturated rings. The second kappa shape index (κ2) is 10.3. The molecule has 152 valence electrons. The Labute approximate surface area is 181 Å². The van der Waals surface area contributed by atoms with E-state index in [4.69, 9.17) is 21.1 Å². The van der Waals surface area contributed by atoms with Crippen molar-refractivity contribution < 1.29 is 14.3 Å². The number of benzene rings is 3. The third kappa shape index (κ3) is 4.73. The van der Waals surface area contributed by atoms with E-state index in [0.717, 1.165) is 5.56 Å². The largest absolute Gasteiger partial charge is 0.495 e. The van der Waals surface area contributed by atoms with Crippen LogP contribution in [0.3, 0.4) is 0 Å². The molecule has 0 radical (unpaired) electrons. The molecule has 0 saturated carbocycles. The lowest BCUT2D eigenvalue weighted by Gasteiger charge is -2.29. The lowest BCUT2D eigenvalue weighted by Crippen LogP contribution is -2.35. The molecule has 3 aromatic rings. The zero-order chi connectivity index (χ0) is 21.3. The molecule has 0 N–H and O–H groups in total. The highest BCUT2D eigenvalue weighted by Gasteiger charge is 2.30. The number of rotatable bonds is 8. The van der Waals surface area contributed by atoms with Gasteiger partial charge in [-0.2, -0.15) is 5.26 Å². The van der Waals surface area contributed by atoms with Crippen LogP contribution in [0.1, 0.15) is 17.2 Å². The minimum atomic E-state index is -0.945. The first-order chi connectivity index (χ1) is 14.7. The number of amides is 1. The fraction of sp³-hybridized carbons (Fsp3) is 0.167. The maximum Gasteiger partial charge on any atom is 0.243 e. The van der Waals surface area contributed by atoms with Gasteiger partial charge in [0.05, 0.1) is 18.9 Å². The summed E-state index contributed by atoms with van der Waals surface area (Å²) in [6.07, 6.45) is 0. The third-order valence-corrected chi connectivity index (χ3v) is 4.79. The van der Waals surface area contributed by atoms with Crippen LogP contribution in [0.5, 0.6) is 11.5 Å². The minimum absolute atomic E-state index is 0.275. The Kier molecular flexibility index (Phi) is 7.31. The van der Waals surface area contributed by atoms with Crippen molar-refractivity contribution in [3.8, 4) is 17.6 Å². The van der Waals surface area contributed by atoms with Crippen LogP contribution in [0.15, 0.2) is 78.9 Å². The van der Waals surface area contributed by atoms with Gasteiger partial charge in [-0.25, -0.2) is 0 Å². The van der Waals surface area contributed by atoms with E-state index in [2.05, 4.69) is 6.07 Å². The Morgan fingerprint density at radius 3 is 2.30 bits per heavy atom. The highest BCUT2D eigenvalue weighted by Crippen LogP contribution is 2.37. The fourth-order valence-electron chi connectivity index (χ4n) is 3.15. The van der Waals surface area contributed by atoms with E-state index in [1.165, 1.54) is 12.0 Å². The monoisotopic (exact) mass is 420 g/mol. The molecule has 5 nitrogen and oxygen atoms in total. The number of carbonyl (C=O) groups excluding carboxylic acids is 1. The van der Waals surface area contributed by atoms with Crippen molar-refractivity contribution in [2.45, 2.75) is 12.6 Å². The van der Waals surface area contributed by atoms with Crippen LogP contribution in [-0.4, -0.2) is 18.9 Å². The zero-order valence-electron chi connectivity index (χ0n) is 16.5. The summed E-state index contributed by atoms with van der Waals surface area (Å²) in [4.78, 5) is 14.1. The van der Waals surface area contributed by atoms with Crippen molar-refractivity contribution in [1.29, 1.82) is 5.26 Å². The molecule has 0 aliphatic heterocycles. The van der Waals surface area contributed by atoms with Gasteiger partial charge in [-0.05, 0) is 23.8 Å². The van der Waals surface area contributed by atoms with E-state index >= 15 is 0 Å². The molecule has 1 amide bonds. The van der Waals surface area contributed by atoms with Gasteiger partial charge in [-0.1, -0.05) is 60.7 Å². The summed E-state index contributed by atoms with van der Waals surface area (Å²) in [6, 6.07) is 25.2. The molecule has 1 atom stereocenters. The second-order valence-electron chi connectivity index (χ2n) is 6.41. The van der Waals surface area contributed by atoms with Crippen LogP contribution in [0, 0.1) is 11.3 Å². The number of nitrogens with zero attached hydrogens (tertiary/aromatic N) is 2. The highest BCUT2D eigenvalue weighted by molar-refractivity contribution is 6.29. The van der Waals surface area contributed by atoms with Gasteiger partial charge >= 0.3 is 0 Å². The summed E-state index contributed by atoms with van der Waals surface area (Å²) in [5, 5.41) is 10.0. The number of anilines is 1. The number of halogens is 1. The minimum Gasteiger partial charge on any atom is -0.495 e. The van der Waals surface area contributed by atoms with E-state index in [1.807, 2.05) is 36.4 Å². The van der Waals surface area contributed by atoms with Crippen molar-refractivity contribution in [3.05, 3.63) is 90.0 Å². The van der Waals surface area contributed by atoms with Crippen molar-refractivity contribution >= 4 is 23.2 Å². The third-order valence-electron chi connectivity index (χ3n) is 4.56. The summed E-state index contributed by atoms with van der Waals surface area (Å²) < 4.78 is 11.4. The summed E-state index contributed by atoms with van der Waals surface area (Å²) in [5.41, 5.74) is 2.04. The average Bonchev–Trinajstić information content (AvgIpc) is 2.81. The van der Waals surface area contributed by atoms with Gasteiger partial charge in [0.25, 0.3) is 0 Å². The van der Waals surface area contributed by atoms with Crippen LogP contribution >= 0.6 is 11.6 Å². The normalized spacial score (nSPS) is 11.2. The van der Waals surface area contributed by atoms with Crippen LogP contribution in [0.4, 0.5) is 5.69 Å². The van der Waals surface area contributed by atoms with E-state index in [0.29, 0.717) is 29.4 Å². The summed E-state index contributed by atoms with van der Waals surface area (Å²) in [6.45, 7) is 0.341. The molecule has 3 aromatic carbocycles. The van der Waals surface area contributed by atoms with Crippen LogP contribution in [0.25, 0.3) is 0 Å². The SMILES string of the molecule is COc1ccccc1N(C(=O)CCl)C(C#N)c1ccccc1OCc1ccccc1. The van der Waals surface area contributed by atoms with E-state index in [-0.39, 0.29) is 5.88 Å². The highest BCUT2D eigenvalue weighted by atomic mass is 35.5. The summed E-state index contributed by atoms with van der Waals surface area (Å²) >= 11 is 5.89. The first kappa shape index (κ1) is 21.2. The molecule has 3 rings (SSSR count). The van der Waals surface area contributed by atoms with Crippen molar-refractivity contribution in [2.75, 3.05) is 17.9 Å². The van der Waals surface area contributed by atoms with E-state index in [9.17, 15) is 10.1 Å². The Hall–Kier alpha value is -3.49. The molecule has 0 aliphatic rings. The molecule has 0 spiro atoms. The Bertz CT molecular complexity index is 1030. The molecule has 0 heterocycles. The molecule has 6 heteroatoms. The van der Waals surface area contributed by atoms with Crippen LogP contribution in [0.2, 0.25) is 0 Å². The van der Waals surface area contributed by atoms with Crippen LogP contribution in [-0.2, 0) is 11.4 Å². The van der Waals surface area contributed by atoms with E-state index in [1.54, 1.807) is 42.5 Å². The van der Waals surface area contributed by atoms with Crippen LogP contribution < -0.4 is 14.4 Å². The number of carbonyl (C=O) groups is 1. The number of hydrogen-bond donors (Lipinski definition) is 0. The maximum absolute atomic E-state index is 12.8. The smallest absolute Gasteiger partial charge is 0.243 e. The van der Waals surface area contributed by atoms with Gasteiger partial charge in [0.15, 0.2) is 6.04 Å². The predicted octanol–water partition coefficient (Wildman–Crippen LogP) is 5.11. The van der Waals surface area contributed by atoms with Gasteiger partial charge in [-0.15, -0.1) is 11.6 Å². The number of alkyl halides is 1.